The number of rotatable bonds is 2. The SMILES string of the molecule is CC(C)(C)C1CN(Cc2ccc(Cl)cc2)C1. The van der Waals surface area contributed by atoms with Crippen LogP contribution in [0.25, 0.3) is 0 Å². The Hall–Kier alpha value is -0.530. The first-order valence-corrected chi connectivity index (χ1v) is 6.30. The third-order valence-electron chi connectivity index (χ3n) is 3.50. The van der Waals surface area contributed by atoms with Crippen LogP contribution < -0.4 is 0 Å². The van der Waals surface area contributed by atoms with E-state index in [2.05, 4.69) is 37.8 Å². The lowest BCUT2D eigenvalue weighted by Gasteiger charge is -2.46. The molecule has 0 unspecified atom stereocenters. The predicted molar refractivity (Wildman–Crippen MR) is 69.7 cm³/mol. The summed E-state index contributed by atoms with van der Waals surface area (Å²) in [5, 5.41) is 0.819. The minimum Gasteiger partial charge on any atom is -0.298 e. The molecule has 1 aromatic carbocycles. The smallest absolute Gasteiger partial charge is 0.0406 e. The van der Waals surface area contributed by atoms with Crippen molar-refractivity contribution in [2.75, 3.05) is 13.1 Å². The molecule has 1 aliphatic rings. The van der Waals surface area contributed by atoms with Crippen LogP contribution in [0.3, 0.4) is 0 Å². The molecule has 0 amide bonds. The minimum atomic E-state index is 0.455. The quantitative estimate of drug-likeness (QED) is 0.756. The van der Waals surface area contributed by atoms with Crippen molar-refractivity contribution in [3.63, 3.8) is 0 Å². The van der Waals surface area contributed by atoms with Gasteiger partial charge in [-0.2, -0.15) is 0 Å². The first-order valence-electron chi connectivity index (χ1n) is 5.92. The zero-order valence-electron chi connectivity index (χ0n) is 10.3. The Kier molecular flexibility index (Phi) is 3.27. The van der Waals surface area contributed by atoms with Crippen LogP contribution in [-0.4, -0.2) is 18.0 Å². The highest BCUT2D eigenvalue weighted by molar-refractivity contribution is 6.30. The highest BCUT2D eigenvalue weighted by atomic mass is 35.5. The molecular formula is C14H20ClN. The van der Waals surface area contributed by atoms with Crippen LogP contribution in [0.1, 0.15) is 26.3 Å². The van der Waals surface area contributed by atoms with Crippen molar-refractivity contribution < 1.29 is 0 Å². The van der Waals surface area contributed by atoms with Crippen LogP contribution in [0.2, 0.25) is 5.02 Å². The normalized spacial score (nSPS) is 18.5. The fraction of sp³-hybridized carbons (Fsp3) is 0.571. The van der Waals surface area contributed by atoms with Crippen molar-refractivity contribution >= 4 is 11.6 Å². The van der Waals surface area contributed by atoms with E-state index < -0.39 is 0 Å². The highest BCUT2D eigenvalue weighted by Crippen LogP contribution is 2.34. The summed E-state index contributed by atoms with van der Waals surface area (Å²) in [7, 11) is 0. The van der Waals surface area contributed by atoms with Crippen LogP contribution in [-0.2, 0) is 6.54 Å². The molecule has 2 heteroatoms. The molecule has 0 atom stereocenters. The number of hydrogen-bond donors (Lipinski definition) is 0. The summed E-state index contributed by atoms with van der Waals surface area (Å²) < 4.78 is 0. The Morgan fingerprint density at radius 3 is 2.25 bits per heavy atom. The van der Waals surface area contributed by atoms with Crippen LogP contribution in [0.15, 0.2) is 24.3 Å². The van der Waals surface area contributed by atoms with E-state index in [-0.39, 0.29) is 0 Å². The van der Waals surface area contributed by atoms with E-state index in [1.54, 1.807) is 0 Å². The molecule has 1 aliphatic heterocycles. The van der Waals surface area contributed by atoms with E-state index in [9.17, 15) is 0 Å². The van der Waals surface area contributed by atoms with Gasteiger partial charge in [0.05, 0.1) is 0 Å². The molecule has 0 bridgehead atoms. The van der Waals surface area contributed by atoms with E-state index in [0.717, 1.165) is 17.5 Å². The number of hydrogen-bond acceptors (Lipinski definition) is 1. The predicted octanol–water partition coefficient (Wildman–Crippen LogP) is 3.82. The molecule has 0 saturated carbocycles. The van der Waals surface area contributed by atoms with Gasteiger partial charge >= 0.3 is 0 Å². The zero-order valence-corrected chi connectivity index (χ0v) is 11.1. The summed E-state index contributed by atoms with van der Waals surface area (Å²) >= 11 is 5.87. The van der Waals surface area contributed by atoms with Crippen LogP contribution >= 0.6 is 11.6 Å². The van der Waals surface area contributed by atoms with Crippen molar-refractivity contribution in [2.45, 2.75) is 27.3 Å². The molecule has 1 saturated heterocycles. The third-order valence-corrected chi connectivity index (χ3v) is 3.75. The Morgan fingerprint density at radius 2 is 1.75 bits per heavy atom. The summed E-state index contributed by atoms with van der Waals surface area (Å²) in [6.07, 6.45) is 0. The van der Waals surface area contributed by atoms with Gasteiger partial charge in [0.15, 0.2) is 0 Å². The molecule has 0 spiro atoms. The van der Waals surface area contributed by atoms with Gasteiger partial charge in [0.1, 0.15) is 0 Å². The van der Waals surface area contributed by atoms with Crippen molar-refractivity contribution in [1.29, 1.82) is 0 Å². The molecule has 88 valence electrons. The van der Waals surface area contributed by atoms with Crippen LogP contribution in [0, 0.1) is 11.3 Å². The van der Waals surface area contributed by atoms with Gasteiger partial charge in [-0.05, 0) is 29.0 Å². The summed E-state index contributed by atoms with van der Waals surface area (Å²) in [6, 6.07) is 8.18. The van der Waals surface area contributed by atoms with Gasteiger partial charge < -0.3 is 0 Å². The minimum absolute atomic E-state index is 0.455. The topological polar surface area (TPSA) is 3.24 Å². The summed E-state index contributed by atoms with van der Waals surface area (Å²) in [6.45, 7) is 10.5. The standard InChI is InChI=1S/C14H20ClN/c1-14(2,3)12-9-16(10-12)8-11-4-6-13(15)7-5-11/h4-7,12H,8-10H2,1-3H3. The number of halogens is 1. The molecule has 16 heavy (non-hydrogen) atoms. The lowest BCUT2D eigenvalue weighted by atomic mass is 9.76. The van der Waals surface area contributed by atoms with Crippen LogP contribution in [0.4, 0.5) is 0 Å². The van der Waals surface area contributed by atoms with Gasteiger partial charge in [0, 0.05) is 24.7 Å². The van der Waals surface area contributed by atoms with Gasteiger partial charge in [-0.25, -0.2) is 0 Å². The van der Waals surface area contributed by atoms with Gasteiger partial charge in [-0.3, -0.25) is 4.90 Å². The van der Waals surface area contributed by atoms with Gasteiger partial charge in [-0.15, -0.1) is 0 Å². The maximum Gasteiger partial charge on any atom is 0.0406 e. The maximum absolute atomic E-state index is 5.87. The molecular weight excluding hydrogens is 218 g/mol. The molecule has 0 N–H and O–H groups in total. The largest absolute Gasteiger partial charge is 0.298 e. The summed E-state index contributed by atoms with van der Waals surface area (Å²) in [5.41, 5.74) is 1.81. The Labute approximate surface area is 103 Å². The second-order valence-electron chi connectivity index (χ2n) is 5.88. The number of likely N-dealkylation sites (tertiary alicyclic amines) is 1. The molecule has 0 radical (unpaired) electrons. The molecule has 1 nitrogen and oxygen atoms in total. The van der Waals surface area contributed by atoms with Gasteiger partial charge in [0.25, 0.3) is 0 Å². The molecule has 0 aromatic heterocycles. The second-order valence-corrected chi connectivity index (χ2v) is 6.32. The fourth-order valence-electron chi connectivity index (χ4n) is 2.09. The molecule has 1 aromatic rings. The lowest BCUT2D eigenvalue weighted by molar-refractivity contribution is 0.0189. The molecule has 2 rings (SSSR count). The average molecular weight is 238 g/mol. The van der Waals surface area contributed by atoms with Gasteiger partial charge in [0.2, 0.25) is 0 Å². The number of nitrogens with zero attached hydrogens (tertiary/aromatic N) is 1. The first kappa shape index (κ1) is 11.9. The summed E-state index contributed by atoms with van der Waals surface area (Å²) in [5.74, 6) is 0.847. The maximum atomic E-state index is 5.87. The van der Waals surface area contributed by atoms with Crippen LogP contribution in [0.5, 0.6) is 0 Å². The first-order chi connectivity index (χ1) is 7.45. The Bertz CT molecular complexity index is 344. The third kappa shape index (κ3) is 2.78. The summed E-state index contributed by atoms with van der Waals surface area (Å²) in [4.78, 5) is 2.50. The van der Waals surface area contributed by atoms with Crippen molar-refractivity contribution in [3.05, 3.63) is 34.9 Å². The molecule has 1 fully saturated rings. The Balaban J connectivity index is 1.84. The monoisotopic (exact) mass is 237 g/mol. The van der Waals surface area contributed by atoms with E-state index in [1.165, 1.54) is 18.7 Å². The highest BCUT2D eigenvalue weighted by Gasteiger charge is 2.35. The number of benzene rings is 1. The van der Waals surface area contributed by atoms with E-state index >= 15 is 0 Å². The zero-order chi connectivity index (χ0) is 11.8. The van der Waals surface area contributed by atoms with Crippen molar-refractivity contribution in [2.24, 2.45) is 11.3 Å². The van der Waals surface area contributed by atoms with Gasteiger partial charge in [-0.1, -0.05) is 44.5 Å². The molecule has 0 aliphatic carbocycles. The van der Waals surface area contributed by atoms with Crippen molar-refractivity contribution in [1.82, 2.24) is 4.90 Å². The molecule has 1 heterocycles. The lowest BCUT2D eigenvalue weighted by Crippen LogP contribution is -2.51. The van der Waals surface area contributed by atoms with E-state index in [4.69, 9.17) is 11.6 Å². The van der Waals surface area contributed by atoms with E-state index in [1.807, 2.05) is 12.1 Å². The van der Waals surface area contributed by atoms with Crippen molar-refractivity contribution in [3.8, 4) is 0 Å². The average Bonchev–Trinajstić information content (AvgIpc) is 2.11. The fourth-order valence-corrected chi connectivity index (χ4v) is 2.22. The second kappa shape index (κ2) is 4.38. The Morgan fingerprint density at radius 1 is 1.19 bits per heavy atom. The van der Waals surface area contributed by atoms with E-state index in [0.29, 0.717) is 5.41 Å².